The highest BCUT2D eigenvalue weighted by Crippen LogP contribution is 2.25. The second-order valence-corrected chi connectivity index (χ2v) is 15.7. The smallest absolute Gasteiger partial charge is 0.410 e. The Bertz CT molecular complexity index is 2140. The Hall–Kier alpha value is -6.52. The van der Waals surface area contributed by atoms with Gasteiger partial charge in [0, 0.05) is 63.7 Å². The molecule has 0 saturated carbocycles. The summed E-state index contributed by atoms with van der Waals surface area (Å²) in [5, 5.41) is 3.26. The third kappa shape index (κ3) is 14.0. The van der Waals surface area contributed by atoms with Crippen LogP contribution < -0.4 is 24.6 Å². The highest BCUT2D eigenvalue weighted by molar-refractivity contribution is 5.93. The third-order valence-corrected chi connectivity index (χ3v) is 10.3. The maximum atomic E-state index is 13.6. The molecule has 0 spiro atoms. The molecule has 2 fully saturated rings. The van der Waals surface area contributed by atoms with Gasteiger partial charge in [-0.15, -0.1) is 12.4 Å². The molecule has 6 rings (SSSR count). The van der Waals surface area contributed by atoms with E-state index in [2.05, 4.69) is 5.32 Å². The molecule has 0 aromatic heterocycles. The van der Waals surface area contributed by atoms with Gasteiger partial charge >= 0.3 is 30.1 Å². The fourth-order valence-electron chi connectivity index (χ4n) is 6.76. The number of rotatable bonds is 10. The first-order chi connectivity index (χ1) is 30.2. The Balaban J connectivity index is 0.000000283. The van der Waals surface area contributed by atoms with E-state index in [1.807, 2.05) is 74.2 Å². The number of urea groups is 2. The third-order valence-electron chi connectivity index (χ3n) is 10.3. The number of benzene rings is 4. The van der Waals surface area contributed by atoms with Gasteiger partial charge in [-0.25, -0.2) is 24.0 Å². The Kier molecular flexibility index (Phi) is 18.6. The predicted octanol–water partition coefficient (Wildman–Crippen LogP) is 7.10. The van der Waals surface area contributed by atoms with Crippen LogP contribution in [0.15, 0.2) is 97.1 Å². The summed E-state index contributed by atoms with van der Waals surface area (Å²) in [6, 6.07) is 28.6. The fraction of sp³-hybridized carbons (Fsp3) is 0.383. The van der Waals surface area contributed by atoms with Crippen LogP contribution >= 0.6 is 12.4 Å². The first kappa shape index (κ1) is 50.1. The number of amides is 5. The van der Waals surface area contributed by atoms with Crippen molar-refractivity contribution in [1.82, 2.24) is 20.0 Å². The van der Waals surface area contributed by atoms with E-state index in [9.17, 15) is 24.0 Å². The summed E-state index contributed by atoms with van der Waals surface area (Å²) in [5.41, 5.74) is 3.64. The number of methoxy groups -OCH3 is 4. The normalized spacial score (nSPS) is 13.5. The Morgan fingerprint density at radius 3 is 1.23 bits per heavy atom. The summed E-state index contributed by atoms with van der Waals surface area (Å²) in [5.74, 6) is 0.633. The van der Waals surface area contributed by atoms with Gasteiger partial charge in [-0.05, 0) is 105 Å². The SMILES string of the molecule is COC(=O)c1ccc(CN(C(=O)N2CCN(C(=O)OC(C)(C)C)CC2)c2ccc(OC)cc2)cc1.COC(=O)c1ccc(CN(C(=O)N2CCNCC2)c2ccc(OC)cc2)cc1.Cl. The number of carbonyl (C=O) groups excluding carboxylic acids is 5. The fourth-order valence-corrected chi connectivity index (χ4v) is 6.76. The molecule has 64 heavy (non-hydrogen) atoms. The molecule has 4 aromatic rings. The van der Waals surface area contributed by atoms with Crippen LogP contribution in [0.5, 0.6) is 11.5 Å². The van der Waals surface area contributed by atoms with Crippen LogP contribution in [-0.2, 0) is 27.3 Å². The lowest BCUT2D eigenvalue weighted by atomic mass is 10.1. The van der Waals surface area contributed by atoms with Crippen LogP contribution in [0, 0.1) is 0 Å². The molecule has 4 aromatic carbocycles. The van der Waals surface area contributed by atoms with Gasteiger partial charge in [0.1, 0.15) is 17.1 Å². The molecule has 1 N–H and O–H groups in total. The molecule has 17 heteroatoms. The van der Waals surface area contributed by atoms with Gasteiger partial charge in [-0.2, -0.15) is 0 Å². The molecule has 0 unspecified atom stereocenters. The van der Waals surface area contributed by atoms with E-state index in [0.717, 1.165) is 35.7 Å². The maximum absolute atomic E-state index is 13.6. The topological polar surface area (TPSA) is 160 Å². The van der Waals surface area contributed by atoms with E-state index in [1.54, 1.807) is 82.4 Å². The van der Waals surface area contributed by atoms with Crippen molar-refractivity contribution in [2.24, 2.45) is 0 Å². The zero-order valence-electron chi connectivity index (χ0n) is 37.5. The number of ether oxygens (including phenoxy) is 5. The first-order valence-corrected chi connectivity index (χ1v) is 20.7. The average Bonchev–Trinajstić information content (AvgIpc) is 3.32. The summed E-state index contributed by atoms with van der Waals surface area (Å²) >= 11 is 0. The number of carbonyl (C=O) groups is 5. The molecule has 0 bridgehead atoms. The monoisotopic (exact) mass is 902 g/mol. The number of anilines is 2. The van der Waals surface area contributed by atoms with E-state index in [4.69, 9.17) is 23.7 Å². The number of esters is 2. The Morgan fingerprint density at radius 2 is 0.891 bits per heavy atom. The highest BCUT2D eigenvalue weighted by atomic mass is 35.5. The molecule has 2 aliphatic heterocycles. The number of hydrogen-bond acceptors (Lipinski definition) is 11. The van der Waals surface area contributed by atoms with Crippen molar-refractivity contribution >= 4 is 53.9 Å². The molecule has 5 amide bonds. The van der Waals surface area contributed by atoms with Crippen LogP contribution in [0.1, 0.15) is 52.6 Å². The molecular weight excluding hydrogens is 844 g/mol. The van der Waals surface area contributed by atoms with Crippen LogP contribution in [0.2, 0.25) is 0 Å². The second kappa shape index (κ2) is 23.8. The molecule has 0 radical (unpaired) electrons. The lowest BCUT2D eigenvalue weighted by molar-refractivity contribution is 0.0171. The quantitative estimate of drug-likeness (QED) is 0.128. The van der Waals surface area contributed by atoms with Crippen LogP contribution in [0.25, 0.3) is 0 Å². The van der Waals surface area contributed by atoms with Crippen LogP contribution in [-0.4, -0.2) is 131 Å². The lowest BCUT2D eigenvalue weighted by Crippen LogP contribution is -2.54. The minimum absolute atomic E-state index is 0. The van der Waals surface area contributed by atoms with E-state index < -0.39 is 11.6 Å². The standard InChI is InChI=1S/C26H33N3O6.C21H25N3O4.ClH/c1-26(2,3)35-25(32)28-16-14-27(15-17-28)24(31)29(21-10-12-22(33-4)13-11-21)18-19-6-8-20(9-7-19)23(30)34-5;1-27-19-9-7-18(8-10-19)24(21(26)23-13-11-22-12-14-23)15-16-3-5-17(6-4-16)20(25)28-2;/h6-13H,14-18H2,1-5H3;3-10,22H,11-15H2,1-2H3;1H. The summed E-state index contributed by atoms with van der Waals surface area (Å²) in [4.78, 5) is 71.2. The van der Waals surface area contributed by atoms with Crippen molar-refractivity contribution in [3.05, 3.63) is 119 Å². The van der Waals surface area contributed by atoms with Crippen molar-refractivity contribution < 1.29 is 47.7 Å². The van der Waals surface area contributed by atoms with E-state index in [-0.39, 0.29) is 36.5 Å². The van der Waals surface area contributed by atoms with Gasteiger partial charge in [0.25, 0.3) is 0 Å². The van der Waals surface area contributed by atoms with Crippen molar-refractivity contribution in [2.45, 2.75) is 39.5 Å². The zero-order chi connectivity index (χ0) is 45.5. The minimum atomic E-state index is -0.571. The number of hydrogen-bond donors (Lipinski definition) is 1. The molecule has 0 aliphatic carbocycles. The maximum Gasteiger partial charge on any atom is 0.410 e. The Morgan fingerprint density at radius 1 is 0.531 bits per heavy atom. The van der Waals surface area contributed by atoms with Gasteiger partial charge in [0.2, 0.25) is 0 Å². The minimum Gasteiger partial charge on any atom is -0.497 e. The summed E-state index contributed by atoms with van der Waals surface area (Å²) in [7, 11) is 5.89. The lowest BCUT2D eigenvalue weighted by Gasteiger charge is -2.38. The molecule has 2 heterocycles. The van der Waals surface area contributed by atoms with Gasteiger partial charge in [-0.1, -0.05) is 24.3 Å². The average molecular weight is 903 g/mol. The summed E-state index contributed by atoms with van der Waals surface area (Å²) in [6.07, 6.45) is -0.373. The Labute approximate surface area is 381 Å². The van der Waals surface area contributed by atoms with Crippen LogP contribution in [0.3, 0.4) is 0 Å². The van der Waals surface area contributed by atoms with E-state index >= 15 is 0 Å². The first-order valence-electron chi connectivity index (χ1n) is 20.7. The van der Waals surface area contributed by atoms with Gasteiger partial charge in [-0.3, -0.25) is 9.80 Å². The van der Waals surface area contributed by atoms with Crippen molar-refractivity contribution in [3.63, 3.8) is 0 Å². The molecule has 0 atom stereocenters. The molecule has 2 aliphatic rings. The van der Waals surface area contributed by atoms with E-state index in [1.165, 1.54) is 14.2 Å². The zero-order valence-corrected chi connectivity index (χ0v) is 38.4. The number of halogens is 1. The number of nitrogens with zero attached hydrogens (tertiary/aromatic N) is 5. The van der Waals surface area contributed by atoms with Crippen molar-refractivity contribution in [3.8, 4) is 11.5 Å². The molecule has 2 saturated heterocycles. The largest absolute Gasteiger partial charge is 0.497 e. The van der Waals surface area contributed by atoms with Crippen LogP contribution in [0.4, 0.5) is 25.8 Å². The molecule has 344 valence electrons. The summed E-state index contributed by atoms with van der Waals surface area (Å²) < 4.78 is 25.4. The molecule has 16 nitrogen and oxygen atoms in total. The van der Waals surface area contributed by atoms with Gasteiger partial charge < -0.3 is 43.7 Å². The van der Waals surface area contributed by atoms with Crippen molar-refractivity contribution in [2.75, 3.05) is 90.6 Å². The number of piperazine rings is 2. The highest BCUT2D eigenvalue weighted by Gasteiger charge is 2.31. The van der Waals surface area contributed by atoms with Gasteiger partial charge in [0.15, 0.2) is 0 Å². The summed E-state index contributed by atoms with van der Waals surface area (Å²) in [6.45, 7) is 10.7. The van der Waals surface area contributed by atoms with E-state index in [0.29, 0.717) is 74.9 Å². The molecular formula is C47H59ClN6O10. The van der Waals surface area contributed by atoms with Gasteiger partial charge in [0.05, 0.1) is 52.7 Å². The van der Waals surface area contributed by atoms with Crippen molar-refractivity contribution in [1.29, 1.82) is 0 Å². The second-order valence-electron chi connectivity index (χ2n) is 15.7. The predicted molar refractivity (Wildman–Crippen MR) is 246 cm³/mol. The number of nitrogens with one attached hydrogen (secondary N) is 1.